The normalized spacial score (nSPS) is 16.1. The number of rotatable bonds is 4. The quantitative estimate of drug-likeness (QED) is 0.809. The van der Waals surface area contributed by atoms with Crippen molar-refractivity contribution in [2.24, 2.45) is 5.16 Å². The summed E-state index contributed by atoms with van der Waals surface area (Å²) in [4.78, 5) is 28.7. The van der Waals surface area contributed by atoms with E-state index >= 15 is 0 Å². The fraction of sp³-hybridized carbons (Fsp3) is 0.118. The lowest BCUT2D eigenvalue weighted by Crippen LogP contribution is -2.23. The van der Waals surface area contributed by atoms with Crippen LogP contribution in [0.15, 0.2) is 52.1 Å². The van der Waals surface area contributed by atoms with Gasteiger partial charge in [0, 0.05) is 16.5 Å². The van der Waals surface area contributed by atoms with Crippen molar-refractivity contribution in [3.8, 4) is 0 Å². The van der Waals surface area contributed by atoms with Crippen molar-refractivity contribution in [2.45, 2.75) is 12.5 Å². The van der Waals surface area contributed by atoms with Crippen LogP contribution in [-0.2, 0) is 9.63 Å². The van der Waals surface area contributed by atoms with Crippen LogP contribution in [0.4, 0.5) is 10.1 Å². The number of nitrogens with zero attached hydrogens (tertiary/aromatic N) is 1. The Balaban J connectivity index is 1.73. The number of amides is 1. The van der Waals surface area contributed by atoms with E-state index in [9.17, 15) is 19.1 Å². The summed E-state index contributed by atoms with van der Waals surface area (Å²) in [5.41, 5.74) is 0.446. The SMILES string of the molecule is O=C(Nc1ccc(Br)cc1C(=O)O)C1=NOC(c2ccccc2F)C1. The molecule has 1 unspecified atom stereocenters. The molecule has 0 aromatic heterocycles. The summed E-state index contributed by atoms with van der Waals surface area (Å²) in [6.45, 7) is 0. The number of anilines is 1. The standard InChI is InChI=1S/C17H12BrFN2O4/c18-9-5-6-13(11(7-9)17(23)24)20-16(22)14-8-15(25-21-14)10-3-1-2-4-12(10)19/h1-7,15H,8H2,(H,20,22)(H,23,24). The number of nitrogens with one attached hydrogen (secondary N) is 1. The van der Waals surface area contributed by atoms with Gasteiger partial charge in [0.15, 0.2) is 6.10 Å². The van der Waals surface area contributed by atoms with Crippen molar-refractivity contribution in [3.63, 3.8) is 0 Å². The highest BCUT2D eigenvalue weighted by Crippen LogP contribution is 2.29. The van der Waals surface area contributed by atoms with E-state index in [1.165, 1.54) is 18.2 Å². The molecule has 25 heavy (non-hydrogen) atoms. The molecule has 0 radical (unpaired) electrons. The van der Waals surface area contributed by atoms with Crippen LogP contribution in [0.3, 0.4) is 0 Å². The molecule has 2 aromatic rings. The summed E-state index contributed by atoms with van der Waals surface area (Å²) >= 11 is 3.18. The zero-order valence-corrected chi connectivity index (χ0v) is 14.3. The Morgan fingerprint density at radius 1 is 1.28 bits per heavy atom. The van der Waals surface area contributed by atoms with E-state index < -0.39 is 23.8 Å². The molecule has 0 aliphatic carbocycles. The molecule has 3 rings (SSSR count). The molecule has 1 atom stereocenters. The van der Waals surface area contributed by atoms with E-state index in [1.807, 2.05) is 0 Å². The van der Waals surface area contributed by atoms with Gasteiger partial charge in [-0.25, -0.2) is 9.18 Å². The Kier molecular flexibility index (Phi) is 4.80. The molecule has 1 heterocycles. The first kappa shape index (κ1) is 17.1. The highest BCUT2D eigenvalue weighted by atomic mass is 79.9. The Bertz CT molecular complexity index is 885. The van der Waals surface area contributed by atoms with E-state index in [-0.39, 0.29) is 23.4 Å². The van der Waals surface area contributed by atoms with Crippen molar-refractivity contribution < 1.29 is 23.9 Å². The van der Waals surface area contributed by atoms with Crippen LogP contribution in [0, 0.1) is 5.82 Å². The monoisotopic (exact) mass is 406 g/mol. The second kappa shape index (κ2) is 7.02. The molecule has 0 bridgehead atoms. The van der Waals surface area contributed by atoms with Crippen molar-refractivity contribution in [2.75, 3.05) is 5.32 Å². The Labute approximate surface area is 150 Å². The van der Waals surface area contributed by atoms with E-state index in [0.717, 1.165) is 0 Å². The van der Waals surface area contributed by atoms with Crippen LogP contribution >= 0.6 is 15.9 Å². The predicted molar refractivity (Wildman–Crippen MR) is 92.0 cm³/mol. The maximum Gasteiger partial charge on any atom is 0.337 e. The first-order valence-corrected chi connectivity index (χ1v) is 8.06. The van der Waals surface area contributed by atoms with Crippen molar-refractivity contribution >= 4 is 39.2 Å². The van der Waals surface area contributed by atoms with E-state index in [1.54, 1.807) is 24.3 Å². The molecule has 6 nitrogen and oxygen atoms in total. The largest absolute Gasteiger partial charge is 0.478 e. The zero-order chi connectivity index (χ0) is 18.0. The summed E-state index contributed by atoms with van der Waals surface area (Å²) in [5.74, 6) is -2.21. The van der Waals surface area contributed by atoms with Crippen LogP contribution in [0.2, 0.25) is 0 Å². The summed E-state index contributed by atoms with van der Waals surface area (Å²) in [6, 6.07) is 10.6. The first-order chi connectivity index (χ1) is 12.0. The van der Waals surface area contributed by atoms with E-state index in [0.29, 0.717) is 10.0 Å². The number of carboxylic acids is 1. The molecule has 128 valence electrons. The van der Waals surface area contributed by atoms with Gasteiger partial charge >= 0.3 is 5.97 Å². The topological polar surface area (TPSA) is 88.0 Å². The van der Waals surface area contributed by atoms with Gasteiger partial charge in [-0.2, -0.15) is 0 Å². The van der Waals surface area contributed by atoms with Gasteiger partial charge in [-0.1, -0.05) is 39.3 Å². The fourth-order valence-electron chi connectivity index (χ4n) is 2.41. The second-order valence-electron chi connectivity index (χ2n) is 5.31. The molecule has 8 heteroatoms. The van der Waals surface area contributed by atoms with Crippen molar-refractivity contribution in [1.29, 1.82) is 0 Å². The van der Waals surface area contributed by atoms with Gasteiger partial charge in [0.2, 0.25) is 0 Å². The smallest absolute Gasteiger partial charge is 0.337 e. The second-order valence-corrected chi connectivity index (χ2v) is 6.22. The number of halogens is 2. The molecule has 1 aliphatic rings. The summed E-state index contributed by atoms with van der Waals surface area (Å²) in [7, 11) is 0. The number of carbonyl (C=O) groups excluding carboxylic acids is 1. The number of hydrogen-bond donors (Lipinski definition) is 2. The third-order valence-corrected chi connectivity index (χ3v) is 4.14. The molecular weight excluding hydrogens is 395 g/mol. The summed E-state index contributed by atoms with van der Waals surface area (Å²) < 4.78 is 14.4. The van der Waals surface area contributed by atoms with E-state index in [2.05, 4.69) is 26.4 Å². The summed E-state index contributed by atoms with van der Waals surface area (Å²) in [5, 5.41) is 15.4. The van der Waals surface area contributed by atoms with Crippen molar-refractivity contribution in [3.05, 3.63) is 63.9 Å². The molecule has 0 fully saturated rings. The Hall–Kier alpha value is -2.74. The average Bonchev–Trinajstić information content (AvgIpc) is 3.06. The third kappa shape index (κ3) is 3.69. The minimum Gasteiger partial charge on any atom is -0.478 e. The lowest BCUT2D eigenvalue weighted by atomic mass is 10.0. The number of benzene rings is 2. The maximum atomic E-state index is 13.8. The number of oxime groups is 1. The van der Waals surface area contributed by atoms with Gasteiger partial charge in [-0.15, -0.1) is 0 Å². The maximum absolute atomic E-state index is 13.8. The molecule has 2 aromatic carbocycles. The highest BCUT2D eigenvalue weighted by molar-refractivity contribution is 9.10. The lowest BCUT2D eigenvalue weighted by Gasteiger charge is -2.10. The molecule has 1 amide bonds. The number of carboxylic acid groups (broad SMARTS) is 1. The van der Waals surface area contributed by atoms with Gasteiger partial charge in [0.1, 0.15) is 11.5 Å². The molecule has 0 saturated carbocycles. The minimum atomic E-state index is -1.18. The van der Waals surface area contributed by atoms with Crippen LogP contribution in [0.25, 0.3) is 0 Å². The summed E-state index contributed by atoms with van der Waals surface area (Å²) in [6.07, 6.45) is -0.600. The Morgan fingerprint density at radius 3 is 2.76 bits per heavy atom. The van der Waals surface area contributed by atoms with Gasteiger partial charge < -0.3 is 15.3 Å². The highest BCUT2D eigenvalue weighted by Gasteiger charge is 2.29. The number of carbonyl (C=O) groups is 2. The molecule has 2 N–H and O–H groups in total. The zero-order valence-electron chi connectivity index (χ0n) is 12.7. The predicted octanol–water partition coefficient (Wildman–Crippen LogP) is 3.74. The minimum absolute atomic E-state index is 0.0621. The molecule has 1 aliphatic heterocycles. The van der Waals surface area contributed by atoms with Gasteiger partial charge in [0.25, 0.3) is 5.91 Å². The Morgan fingerprint density at radius 2 is 2.04 bits per heavy atom. The lowest BCUT2D eigenvalue weighted by molar-refractivity contribution is -0.110. The van der Waals surface area contributed by atoms with Crippen LogP contribution in [-0.4, -0.2) is 22.7 Å². The average molecular weight is 407 g/mol. The fourth-order valence-corrected chi connectivity index (χ4v) is 2.77. The third-order valence-electron chi connectivity index (χ3n) is 3.64. The van der Waals surface area contributed by atoms with Crippen LogP contribution in [0.5, 0.6) is 0 Å². The molecule has 0 saturated heterocycles. The molecular formula is C17H12BrFN2O4. The van der Waals surface area contributed by atoms with Gasteiger partial charge in [0.05, 0.1) is 11.3 Å². The van der Waals surface area contributed by atoms with Crippen LogP contribution in [0.1, 0.15) is 28.4 Å². The molecule has 0 spiro atoms. The van der Waals surface area contributed by atoms with Gasteiger partial charge in [-0.3, -0.25) is 4.79 Å². The number of hydrogen-bond acceptors (Lipinski definition) is 4. The van der Waals surface area contributed by atoms with Crippen LogP contribution < -0.4 is 5.32 Å². The van der Waals surface area contributed by atoms with Gasteiger partial charge in [-0.05, 0) is 24.3 Å². The first-order valence-electron chi connectivity index (χ1n) is 7.27. The number of aromatic carboxylic acids is 1. The van der Waals surface area contributed by atoms with Crippen molar-refractivity contribution in [1.82, 2.24) is 0 Å². The van der Waals surface area contributed by atoms with E-state index in [4.69, 9.17) is 4.84 Å².